The Morgan fingerprint density at radius 2 is 1.58 bits per heavy atom. The molecule has 0 amide bonds. The van der Waals surface area contributed by atoms with Crippen LogP contribution in [0.3, 0.4) is 0 Å². The highest BCUT2D eigenvalue weighted by Crippen LogP contribution is 2.29. The van der Waals surface area contributed by atoms with Gasteiger partial charge in [0.05, 0.1) is 13.2 Å². The Hall–Kier alpha value is -0.240. The molecule has 0 radical (unpaired) electrons. The normalized spacial score (nSPS) is 40.2. The number of ether oxygens (including phenoxy) is 1. The lowest BCUT2D eigenvalue weighted by atomic mass is 9.97. The van der Waals surface area contributed by atoms with Crippen LogP contribution in [0.15, 0.2) is 0 Å². The molecule has 6 heteroatoms. The summed E-state index contributed by atoms with van der Waals surface area (Å²) in [5.41, 5.74) is -1.65. The molecule has 1 rings (SSSR count). The fourth-order valence-electron chi connectivity index (χ4n) is 1.16. The average molecular weight is 180 g/mol. The molecule has 1 unspecified atom stereocenters. The van der Waals surface area contributed by atoms with Crippen LogP contribution in [0.4, 0.5) is 0 Å². The lowest BCUT2D eigenvalue weighted by molar-refractivity contribution is -0.187. The van der Waals surface area contributed by atoms with E-state index < -0.39 is 37.3 Å². The lowest BCUT2D eigenvalue weighted by Gasteiger charge is -2.26. The molecule has 0 aromatic heterocycles. The zero-order valence-electron chi connectivity index (χ0n) is 6.29. The van der Waals surface area contributed by atoms with Crippen molar-refractivity contribution in [3.8, 4) is 0 Å². The summed E-state index contributed by atoms with van der Waals surface area (Å²) >= 11 is 0. The molecule has 0 bridgehead atoms. The van der Waals surface area contributed by atoms with Crippen LogP contribution in [0.5, 0.6) is 0 Å². The third kappa shape index (κ3) is 1.22. The molecule has 1 fully saturated rings. The van der Waals surface area contributed by atoms with Gasteiger partial charge in [0.15, 0.2) is 6.29 Å². The van der Waals surface area contributed by atoms with Gasteiger partial charge < -0.3 is 30.3 Å². The van der Waals surface area contributed by atoms with Gasteiger partial charge in [-0.1, -0.05) is 0 Å². The van der Waals surface area contributed by atoms with Gasteiger partial charge in [0.2, 0.25) is 0 Å². The maximum absolute atomic E-state index is 9.22. The predicted octanol–water partition coefficient (Wildman–Crippen LogP) is -3.22. The van der Waals surface area contributed by atoms with E-state index in [2.05, 4.69) is 4.74 Å². The van der Waals surface area contributed by atoms with Crippen LogP contribution < -0.4 is 0 Å². The average Bonchev–Trinajstić information content (AvgIpc) is 2.30. The van der Waals surface area contributed by atoms with Gasteiger partial charge in [0.1, 0.15) is 17.8 Å². The maximum atomic E-state index is 9.22. The zero-order chi connectivity index (χ0) is 9.35. The molecule has 1 aliphatic heterocycles. The van der Waals surface area contributed by atoms with Crippen molar-refractivity contribution < 1.29 is 30.3 Å². The fraction of sp³-hybridized carbons (Fsp3) is 1.00. The first-order valence-electron chi connectivity index (χ1n) is 3.51. The van der Waals surface area contributed by atoms with Crippen LogP contribution in [0.2, 0.25) is 0 Å². The van der Waals surface area contributed by atoms with Gasteiger partial charge >= 0.3 is 0 Å². The van der Waals surface area contributed by atoms with Crippen molar-refractivity contribution in [2.24, 2.45) is 0 Å². The Balaban J connectivity index is 2.79. The van der Waals surface area contributed by atoms with E-state index in [0.29, 0.717) is 0 Å². The van der Waals surface area contributed by atoms with E-state index in [9.17, 15) is 5.11 Å². The smallest absolute Gasteiger partial charge is 0.184 e. The van der Waals surface area contributed by atoms with Gasteiger partial charge in [-0.25, -0.2) is 0 Å². The van der Waals surface area contributed by atoms with Crippen LogP contribution in [0.25, 0.3) is 0 Å². The van der Waals surface area contributed by atoms with Crippen LogP contribution in [-0.2, 0) is 4.74 Å². The first-order valence-corrected chi connectivity index (χ1v) is 3.51. The summed E-state index contributed by atoms with van der Waals surface area (Å²) in [6, 6.07) is 0. The molecule has 0 saturated carbocycles. The van der Waals surface area contributed by atoms with Crippen molar-refractivity contribution in [3.63, 3.8) is 0 Å². The predicted molar refractivity (Wildman–Crippen MR) is 36.0 cm³/mol. The summed E-state index contributed by atoms with van der Waals surface area (Å²) in [6.45, 7) is -1.34. The Kier molecular flexibility index (Phi) is 2.67. The quantitative estimate of drug-likeness (QED) is 0.306. The highest BCUT2D eigenvalue weighted by Gasteiger charge is 2.53. The van der Waals surface area contributed by atoms with Gasteiger partial charge in [0, 0.05) is 0 Å². The molecule has 0 aromatic carbocycles. The fourth-order valence-corrected chi connectivity index (χ4v) is 1.16. The van der Waals surface area contributed by atoms with Crippen molar-refractivity contribution >= 4 is 0 Å². The largest absolute Gasteiger partial charge is 0.393 e. The van der Waals surface area contributed by atoms with Crippen molar-refractivity contribution in [3.05, 3.63) is 0 Å². The standard InChI is InChI=1S/C6H12O6/c7-1-6(2-8)4(10)3(9)5(11)12-6/h3-5,7-11H,1-2H2/t3-,4-,5?/m0/s1. The molecule has 12 heavy (non-hydrogen) atoms. The summed E-state index contributed by atoms with van der Waals surface area (Å²) < 4.78 is 4.63. The van der Waals surface area contributed by atoms with Crippen LogP contribution in [0.1, 0.15) is 0 Å². The molecule has 0 aliphatic carbocycles. The van der Waals surface area contributed by atoms with Crippen molar-refractivity contribution in [2.75, 3.05) is 13.2 Å². The summed E-state index contributed by atoms with van der Waals surface area (Å²) in [4.78, 5) is 0. The minimum absolute atomic E-state index is 0.668. The monoisotopic (exact) mass is 180 g/mol. The number of rotatable bonds is 2. The van der Waals surface area contributed by atoms with E-state index >= 15 is 0 Å². The lowest BCUT2D eigenvalue weighted by Crippen LogP contribution is -2.49. The molecular weight excluding hydrogens is 168 g/mol. The summed E-state index contributed by atoms with van der Waals surface area (Å²) in [6.07, 6.45) is -4.55. The molecule has 0 spiro atoms. The first-order chi connectivity index (χ1) is 5.57. The Morgan fingerprint density at radius 1 is 1.08 bits per heavy atom. The van der Waals surface area contributed by atoms with Gasteiger partial charge in [-0.2, -0.15) is 0 Å². The van der Waals surface area contributed by atoms with E-state index in [4.69, 9.17) is 20.4 Å². The van der Waals surface area contributed by atoms with E-state index in [0.717, 1.165) is 0 Å². The SMILES string of the molecule is OCC1(CO)OC(O)[C@@H](O)[C@@H]1O. The van der Waals surface area contributed by atoms with E-state index in [1.165, 1.54) is 0 Å². The van der Waals surface area contributed by atoms with Crippen molar-refractivity contribution in [1.82, 2.24) is 0 Å². The molecule has 1 heterocycles. The molecule has 5 N–H and O–H groups in total. The van der Waals surface area contributed by atoms with E-state index in [-0.39, 0.29) is 0 Å². The second-order valence-electron chi connectivity index (χ2n) is 2.82. The second kappa shape index (κ2) is 3.25. The first kappa shape index (κ1) is 9.85. The van der Waals surface area contributed by atoms with Crippen LogP contribution in [0, 0.1) is 0 Å². The molecule has 1 aliphatic rings. The van der Waals surface area contributed by atoms with Gasteiger partial charge in [-0.3, -0.25) is 0 Å². The number of hydrogen-bond donors (Lipinski definition) is 5. The molecule has 3 atom stereocenters. The van der Waals surface area contributed by atoms with Crippen LogP contribution in [-0.4, -0.2) is 62.8 Å². The van der Waals surface area contributed by atoms with Crippen LogP contribution >= 0.6 is 0 Å². The Labute approximate surface area is 68.6 Å². The Bertz CT molecular complexity index is 156. The molecular formula is C6H12O6. The third-order valence-electron chi connectivity index (χ3n) is 2.05. The van der Waals surface area contributed by atoms with Crippen molar-refractivity contribution in [1.29, 1.82) is 0 Å². The second-order valence-corrected chi connectivity index (χ2v) is 2.82. The highest BCUT2D eigenvalue weighted by atomic mass is 16.7. The zero-order valence-corrected chi connectivity index (χ0v) is 6.29. The molecule has 1 saturated heterocycles. The van der Waals surface area contributed by atoms with Crippen molar-refractivity contribution in [2.45, 2.75) is 24.1 Å². The highest BCUT2D eigenvalue weighted by molar-refractivity contribution is 4.98. The van der Waals surface area contributed by atoms with Gasteiger partial charge in [-0.15, -0.1) is 0 Å². The van der Waals surface area contributed by atoms with Gasteiger partial charge in [-0.05, 0) is 0 Å². The van der Waals surface area contributed by atoms with E-state index in [1.54, 1.807) is 0 Å². The number of hydrogen-bond acceptors (Lipinski definition) is 6. The minimum Gasteiger partial charge on any atom is -0.393 e. The van der Waals surface area contributed by atoms with Gasteiger partial charge in [0.25, 0.3) is 0 Å². The maximum Gasteiger partial charge on any atom is 0.184 e. The third-order valence-corrected chi connectivity index (χ3v) is 2.05. The molecule has 72 valence electrons. The summed E-state index contributed by atoms with van der Waals surface area (Å²) in [5.74, 6) is 0. The summed E-state index contributed by atoms with van der Waals surface area (Å²) in [7, 11) is 0. The van der Waals surface area contributed by atoms with E-state index in [1.807, 2.05) is 0 Å². The number of aliphatic hydroxyl groups is 5. The summed E-state index contributed by atoms with van der Waals surface area (Å²) in [5, 5.41) is 44.7. The minimum atomic E-state index is -1.65. The molecule has 6 nitrogen and oxygen atoms in total. The topological polar surface area (TPSA) is 110 Å². The molecule has 0 aromatic rings. The number of aliphatic hydroxyl groups excluding tert-OH is 5. The Morgan fingerprint density at radius 3 is 1.75 bits per heavy atom.